The number of fused-ring (bicyclic) bond motifs is 1. The zero-order valence-corrected chi connectivity index (χ0v) is 15.9. The second kappa shape index (κ2) is 8.72. The van der Waals surface area contributed by atoms with Crippen molar-refractivity contribution in [2.24, 2.45) is 4.99 Å². The first-order valence-corrected chi connectivity index (χ1v) is 9.23. The third-order valence-electron chi connectivity index (χ3n) is 4.05. The summed E-state index contributed by atoms with van der Waals surface area (Å²) in [6, 6.07) is 11.9. The van der Waals surface area contributed by atoms with E-state index in [4.69, 9.17) is 16.6 Å². The molecule has 5 nitrogen and oxygen atoms in total. The van der Waals surface area contributed by atoms with E-state index < -0.39 is 0 Å². The number of hydrogen-bond donors (Lipinski definition) is 2. The molecule has 0 atom stereocenters. The molecule has 0 amide bonds. The van der Waals surface area contributed by atoms with Crippen LogP contribution in [0.1, 0.15) is 23.7 Å². The van der Waals surface area contributed by atoms with Crippen LogP contribution in [-0.2, 0) is 13.0 Å². The number of hydrogen-bond acceptors (Lipinski definition) is 2. The summed E-state index contributed by atoms with van der Waals surface area (Å²) in [4.78, 5) is 9.33. The number of pyridine rings is 1. The van der Waals surface area contributed by atoms with Crippen LogP contribution >= 0.6 is 11.6 Å². The number of rotatable bonds is 6. The van der Waals surface area contributed by atoms with Gasteiger partial charge in [-0.1, -0.05) is 29.8 Å². The van der Waals surface area contributed by atoms with Gasteiger partial charge in [0.2, 0.25) is 0 Å². The van der Waals surface area contributed by atoms with Crippen molar-refractivity contribution in [1.82, 2.24) is 20.0 Å². The van der Waals surface area contributed by atoms with Crippen molar-refractivity contribution in [2.75, 3.05) is 13.1 Å². The maximum absolute atomic E-state index is 6.03. The van der Waals surface area contributed by atoms with E-state index in [1.807, 2.05) is 36.5 Å². The number of nitrogens with zero attached hydrogens (tertiary/aromatic N) is 3. The lowest BCUT2D eigenvalue weighted by Gasteiger charge is -2.10. The molecule has 3 rings (SSSR count). The normalized spacial score (nSPS) is 11.7. The van der Waals surface area contributed by atoms with Gasteiger partial charge in [0, 0.05) is 36.9 Å². The highest BCUT2D eigenvalue weighted by molar-refractivity contribution is 6.30. The highest BCUT2D eigenvalue weighted by atomic mass is 35.5. The fourth-order valence-electron chi connectivity index (χ4n) is 2.78. The topological polar surface area (TPSA) is 53.7 Å². The van der Waals surface area contributed by atoms with Gasteiger partial charge in [-0.2, -0.15) is 0 Å². The highest BCUT2D eigenvalue weighted by Crippen LogP contribution is 2.11. The summed E-state index contributed by atoms with van der Waals surface area (Å²) in [5.74, 6) is 0.799. The summed E-state index contributed by atoms with van der Waals surface area (Å²) < 4.78 is 2.07. The minimum Gasteiger partial charge on any atom is -0.357 e. The van der Waals surface area contributed by atoms with E-state index in [2.05, 4.69) is 46.1 Å². The van der Waals surface area contributed by atoms with Gasteiger partial charge in [-0.25, -0.2) is 9.98 Å². The molecule has 2 N–H and O–H groups in total. The number of aryl methyl sites for hydroxylation is 1. The predicted octanol–water partition coefficient (Wildman–Crippen LogP) is 3.59. The monoisotopic (exact) mass is 369 g/mol. The Balaban J connectivity index is 1.59. The molecule has 0 aliphatic rings. The SMILES string of the molecule is CCNC(=NCc1cccc(Cl)c1)NCCc1cn2cccc(C)c2n1. The second-order valence-corrected chi connectivity index (χ2v) is 6.59. The predicted molar refractivity (Wildman–Crippen MR) is 108 cm³/mol. The summed E-state index contributed by atoms with van der Waals surface area (Å²) in [5, 5.41) is 7.37. The largest absolute Gasteiger partial charge is 0.357 e. The molecule has 0 fully saturated rings. The molecule has 0 aliphatic heterocycles. The van der Waals surface area contributed by atoms with E-state index in [1.165, 1.54) is 5.56 Å². The first kappa shape index (κ1) is 18.3. The number of nitrogens with one attached hydrogen (secondary N) is 2. The maximum Gasteiger partial charge on any atom is 0.191 e. The minimum atomic E-state index is 0.587. The fourth-order valence-corrected chi connectivity index (χ4v) is 2.99. The summed E-state index contributed by atoms with van der Waals surface area (Å²) in [6.45, 7) is 6.31. The molecule has 0 unspecified atom stereocenters. The molecule has 2 aromatic heterocycles. The van der Waals surface area contributed by atoms with E-state index in [0.717, 1.165) is 47.4 Å². The first-order valence-electron chi connectivity index (χ1n) is 8.85. The van der Waals surface area contributed by atoms with Crippen molar-refractivity contribution in [3.63, 3.8) is 0 Å². The van der Waals surface area contributed by atoms with Gasteiger partial charge in [0.25, 0.3) is 0 Å². The Labute approximate surface area is 159 Å². The molecule has 0 saturated heterocycles. The van der Waals surface area contributed by atoms with Crippen LogP contribution in [0.15, 0.2) is 53.8 Å². The molecule has 0 radical (unpaired) electrons. The number of aromatic nitrogens is 2. The minimum absolute atomic E-state index is 0.587. The van der Waals surface area contributed by atoms with Crippen LogP contribution in [0.5, 0.6) is 0 Å². The molecule has 6 heteroatoms. The molecule has 0 spiro atoms. The number of halogens is 1. The molecule has 0 bridgehead atoms. The summed E-state index contributed by atoms with van der Waals surface area (Å²) in [5.41, 5.74) is 4.36. The molecule has 1 aromatic carbocycles. The average Bonchev–Trinajstić information content (AvgIpc) is 3.04. The van der Waals surface area contributed by atoms with Crippen molar-refractivity contribution >= 4 is 23.2 Å². The lowest BCUT2D eigenvalue weighted by molar-refractivity contribution is 0.791. The molecule has 0 aliphatic carbocycles. The number of benzene rings is 1. The summed E-state index contributed by atoms with van der Waals surface area (Å²) in [6.07, 6.45) is 4.95. The third kappa shape index (κ3) is 4.76. The Kier molecular flexibility index (Phi) is 6.12. The maximum atomic E-state index is 6.03. The van der Waals surface area contributed by atoms with Crippen LogP contribution in [0, 0.1) is 6.92 Å². The van der Waals surface area contributed by atoms with E-state index in [0.29, 0.717) is 6.54 Å². The van der Waals surface area contributed by atoms with Crippen LogP contribution in [0.4, 0.5) is 0 Å². The van der Waals surface area contributed by atoms with Gasteiger partial charge in [0.15, 0.2) is 5.96 Å². The standard InChI is InChI=1S/C20H24ClN5/c1-3-22-20(24-13-16-7-4-8-17(21)12-16)23-10-9-18-14-26-11-5-6-15(2)19(26)25-18/h4-8,11-12,14H,3,9-10,13H2,1-2H3,(H2,22,23,24). The van der Waals surface area contributed by atoms with E-state index >= 15 is 0 Å². The fraction of sp³-hybridized carbons (Fsp3) is 0.300. The quantitative estimate of drug-likeness (QED) is 0.515. The molecular weight excluding hydrogens is 346 g/mol. The van der Waals surface area contributed by atoms with Crippen molar-refractivity contribution in [1.29, 1.82) is 0 Å². The van der Waals surface area contributed by atoms with Crippen LogP contribution < -0.4 is 10.6 Å². The Morgan fingerprint density at radius 1 is 1.23 bits per heavy atom. The van der Waals surface area contributed by atoms with E-state index in [1.54, 1.807) is 0 Å². The second-order valence-electron chi connectivity index (χ2n) is 6.16. The van der Waals surface area contributed by atoms with Crippen LogP contribution in [-0.4, -0.2) is 28.4 Å². The van der Waals surface area contributed by atoms with Crippen LogP contribution in [0.3, 0.4) is 0 Å². The number of imidazole rings is 1. The van der Waals surface area contributed by atoms with Gasteiger partial charge in [-0.3, -0.25) is 0 Å². The molecule has 0 saturated carbocycles. The summed E-state index contributed by atoms with van der Waals surface area (Å²) in [7, 11) is 0. The Bertz CT molecular complexity index is 900. The lowest BCUT2D eigenvalue weighted by atomic mass is 10.2. The van der Waals surface area contributed by atoms with Gasteiger partial charge in [0.05, 0.1) is 12.2 Å². The average molecular weight is 370 g/mol. The first-order chi connectivity index (χ1) is 12.7. The Morgan fingerprint density at radius 3 is 2.88 bits per heavy atom. The molecule has 136 valence electrons. The van der Waals surface area contributed by atoms with Gasteiger partial charge in [0.1, 0.15) is 5.65 Å². The Morgan fingerprint density at radius 2 is 2.12 bits per heavy atom. The zero-order valence-electron chi connectivity index (χ0n) is 15.2. The van der Waals surface area contributed by atoms with Crippen molar-refractivity contribution in [2.45, 2.75) is 26.8 Å². The van der Waals surface area contributed by atoms with Gasteiger partial charge in [-0.05, 0) is 43.2 Å². The molecular formula is C20H24ClN5. The molecule has 26 heavy (non-hydrogen) atoms. The Hall–Kier alpha value is -2.53. The smallest absolute Gasteiger partial charge is 0.191 e. The zero-order chi connectivity index (χ0) is 18.4. The van der Waals surface area contributed by atoms with Gasteiger partial charge < -0.3 is 15.0 Å². The van der Waals surface area contributed by atoms with Crippen molar-refractivity contribution in [3.05, 3.63) is 70.6 Å². The summed E-state index contributed by atoms with van der Waals surface area (Å²) >= 11 is 6.03. The van der Waals surface area contributed by atoms with Crippen LogP contribution in [0.25, 0.3) is 5.65 Å². The van der Waals surface area contributed by atoms with Crippen LogP contribution in [0.2, 0.25) is 5.02 Å². The van der Waals surface area contributed by atoms with Gasteiger partial charge in [-0.15, -0.1) is 0 Å². The van der Waals surface area contributed by atoms with Crippen molar-refractivity contribution < 1.29 is 0 Å². The number of guanidine groups is 1. The van der Waals surface area contributed by atoms with E-state index in [-0.39, 0.29) is 0 Å². The third-order valence-corrected chi connectivity index (χ3v) is 4.29. The van der Waals surface area contributed by atoms with Crippen molar-refractivity contribution in [3.8, 4) is 0 Å². The van der Waals surface area contributed by atoms with E-state index in [9.17, 15) is 0 Å². The molecule has 3 aromatic rings. The number of aliphatic imine (C=N–C) groups is 1. The molecule has 2 heterocycles. The lowest BCUT2D eigenvalue weighted by Crippen LogP contribution is -2.38. The van der Waals surface area contributed by atoms with Gasteiger partial charge >= 0.3 is 0 Å². The highest BCUT2D eigenvalue weighted by Gasteiger charge is 2.04.